The van der Waals surface area contributed by atoms with E-state index in [1.807, 2.05) is 20.8 Å². The molecule has 0 aliphatic heterocycles. The van der Waals surface area contributed by atoms with Crippen LogP contribution < -0.4 is 5.32 Å². The van der Waals surface area contributed by atoms with Gasteiger partial charge in [-0.3, -0.25) is 4.79 Å². The van der Waals surface area contributed by atoms with E-state index in [1.54, 1.807) is 26.8 Å². The second-order valence-corrected chi connectivity index (χ2v) is 8.19. The first-order chi connectivity index (χ1) is 11.2. The van der Waals surface area contributed by atoms with Crippen LogP contribution in [0, 0.1) is 5.41 Å². The minimum Gasteiger partial charge on any atom is -0.481 e. The number of carboxylic acids is 1. The Labute approximate surface area is 147 Å². The number of carbonyl (C=O) groups is 3. The van der Waals surface area contributed by atoms with Crippen LogP contribution in [0.2, 0.25) is 0 Å². The lowest BCUT2D eigenvalue weighted by Crippen LogP contribution is -2.44. The monoisotopic (exact) mass is 379 g/mol. The van der Waals surface area contributed by atoms with Crippen molar-refractivity contribution in [2.24, 2.45) is 5.41 Å². The molecule has 0 aromatic heterocycles. The summed E-state index contributed by atoms with van der Waals surface area (Å²) in [6.45, 7) is 10.4. The van der Waals surface area contributed by atoms with Crippen molar-refractivity contribution in [2.75, 3.05) is 0 Å². The van der Waals surface area contributed by atoms with Crippen molar-refractivity contribution in [3.63, 3.8) is 0 Å². The van der Waals surface area contributed by atoms with Gasteiger partial charge in [-0.15, -0.1) is 0 Å². The highest BCUT2D eigenvalue weighted by atomic mass is 31.1. The first-order valence-corrected chi connectivity index (χ1v) is 8.73. The Kier molecular flexibility index (Phi) is 8.70. The van der Waals surface area contributed by atoms with Gasteiger partial charge in [0.05, 0.1) is 12.7 Å². The number of nitrogens with one attached hydrogen (secondary N) is 1. The van der Waals surface area contributed by atoms with Crippen molar-refractivity contribution in [1.29, 1.82) is 0 Å². The number of rotatable bonds is 7. The lowest BCUT2D eigenvalue weighted by Gasteiger charge is -2.22. The Morgan fingerprint density at radius 1 is 1.16 bits per heavy atom. The molecule has 0 aliphatic carbocycles. The fraction of sp³-hybridized carbons (Fsp3) is 0.667. The van der Waals surface area contributed by atoms with Crippen LogP contribution in [0.15, 0.2) is 12.3 Å². The molecule has 0 heterocycles. The van der Waals surface area contributed by atoms with Crippen LogP contribution in [-0.4, -0.2) is 34.8 Å². The summed E-state index contributed by atoms with van der Waals surface area (Å²) < 4.78 is 25.9. The summed E-state index contributed by atoms with van der Waals surface area (Å²) in [6, 6.07) is -1.56. The molecule has 2 atom stereocenters. The lowest BCUT2D eigenvalue weighted by molar-refractivity contribution is -0.144. The van der Waals surface area contributed by atoms with Gasteiger partial charge in [-0.1, -0.05) is 20.8 Å². The fourth-order valence-corrected chi connectivity index (χ4v) is 1.82. The third-order valence-corrected chi connectivity index (χ3v) is 2.97. The van der Waals surface area contributed by atoms with E-state index in [1.165, 1.54) is 0 Å². The van der Waals surface area contributed by atoms with Crippen LogP contribution in [0.4, 0.5) is 4.79 Å². The molecule has 0 spiro atoms. The normalized spacial score (nSPS) is 14.5. The van der Waals surface area contributed by atoms with E-state index < -0.39 is 44.4 Å². The summed E-state index contributed by atoms with van der Waals surface area (Å²) >= 11 is 0. The Morgan fingerprint density at radius 3 is 2.16 bits per heavy atom. The molecule has 0 aromatic carbocycles. The fourth-order valence-electron chi connectivity index (χ4n) is 1.29. The smallest absolute Gasteiger partial charge is 0.420 e. The van der Waals surface area contributed by atoms with E-state index >= 15 is 0 Å². The van der Waals surface area contributed by atoms with E-state index in [0.29, 0.717) is 0 Å². The molecule has 0 aliphatic rings. The predicted octanol–water partition coefficient (Wildman–Crippen LogP) is 2.86. The number of ether oxygens (including phenoxy) is 1. The average molecular weight is 379 g/mol. The summed E-state index contributed by atoms with van der Waals surface area (Å²) in [5, 5.41) is 10.9. The quantitative estimate of drug-likeness (QED) is 0.510. The molecule has 0 bridgehead atoms. The SMILES string of the molecule is CC(C)(C)C=CO[PH](=O)OC(=O)[C@H](CC(=O)O)NC(=O)OC(C)(C)C. The van der Waals surface area contributed by atoms with Gasteiger partial charge in [-0.2, -0.15) is 0 Å². The Morgan fingerprint density at radius 2 is 1.72 bits per heavy atom. The first-order valence-electron chi connectivity index (χ1n) is 7.51. The zero-order valence-electron chi connectivity index (χ0n) is 15.2. The highest BCUT2D eigenvalue weighted by molar-refractivity contribution is 7.34. The van der Waals surface area contributed by atoms with Crippen LogP contribution in [0.1, 0.15) is 48.0 Å². The molecule has 0 fully saturated rings. The topological polar surface area (TPSA) is 128 Å². The number of carbonyl (C=O) groups excluding carboxylic acids is 2. The number of hydrogen-bond donors (Lipinski definition) is 2. The third kappa shape index (κ3) is 13.0. The average Bonchev–Trinajstić information content (AvgIpc) is 2.33. The zero-order valence-corrected chi connectivity index (χ0v) is 16.2. The maximum atomic E-state index is 11.9. The molecule has 1 unspecified atom stereocenters. The largest absolute Gasteiger partial charge is 0.481 e. The molecule has 25 heavy (non-hydrogen) atoms. The number of amides is 1. The summed E-state index contributed by atoms with van der Waals surface area (Å²) in [7, 11) is -3.23. The molecule has 0 radical (unpaired) electrons. The Bertz CT molecular complexity index is 545. The molecule has 0 saturated carbocycles. The second-order valence-electron chi connectivity index (χ2n) is 7.25. The Hall–Kier alpha value is -2.02. The van der Waals surface area contributed by atoms with Crippen molar-refractivity contribution in [1.82, 2.24) is 5.32 Å². The van der Waals surface area contributed by atoms with E-state index in [0.717, 1.165) is 6.26 Å². The van der Waals surface area contributed by atoms with Gasteiger partial charge in [0.25, 0.3) is 0 Å². The molecular formula is C15H26NO8P. The van der Waals surface area contributed by atoms with Gasteiger partial charge in [0, 0.05) is 0 Å². The van der Waals surface area contributed by atoms with Gasteiger partial charge in [0.2, 0.25) is 0 Å². The Balaban J connectivity index is 4.78. The molecule has 144 valence electrons. The van der Waals surface area contributed by atoms with Gasteiger partial charge < -0.3 is 24.2 Å². The maximum Gasteiger partial charge on any atom is 0.420 e. The van der Waals surface area contributed by atoms with Crippen molar-refractivity contribution >= 4 is 26.3 Å². The number of aliphatic carboxylic acids is 1. The predicted molar refractivity (Wildman–Crippen MR) is 90.2 cm³/mol. The molecule has 0 aromatic rings. The highest BCUT2D eigenvalue weighted by Crippen LogP contribution is 2.26. The minimum atomic E-state index is -3.23. The van der Waals surface area contributed by atoms with Crippen LogP contribution in [-0.2, 0) is 27.9 Å². The molecular weight excluding hydrogens is 353 g/mol. The van der Waals surface area contributed by atoms with E-state index in [-0.39, 0.29) is 5.41 Å². The third-order valence-electron chi connectivity index (χ3n) is 2.27. The number of carboxylic acid groups (broad SMARTS) is 1. The first kappa shape index (κ1) is 23.0. The highest BCUT2D eigenvalue weighted by Gasteiger charge is 2.29. The second kappa shape index (κ2) is 9.46. The maximum absolute atomic E-state index is 11.9. The van der Waals surface area contributed by atoms with Gasteiger partial charge in [0.1, 0.15) is 11.6 Å². The van der Waals surface area contributed by atoms with Crippen LogP contribution in [0.3, 0.4) is 0 Å². The van der Waals surface area contributed by atoms with Gasteiger partial charge in [0.15, 0.2) is 0 Å². The number of allylic oxidation sites excluding steroid dienone is 1. The minimum absolute atomic E-state index is 0.226. The van der Waals surface area contributed by atoms with Gasteiger partial charge >= 0.3 is 26.3 Å². The summed E-state index contributed by atoms with van der Waals surface area (Å²) in [5.41, 5.74) is -1.06. The van der Waals surface area contributed by atoms with Crippen LogP contribution in [0.25, 0.3) is 0 Å². The number of hydrogen-bond acceptors (Lipinski definition) is 7. The molecule has 9 nitrogen and oxygen atoms in total. The molecule has 0 rings (SSSR count). The van der Waals surface area contributed by atoms with Crippen LogP contribution >= 0.6 is 8.25 Å². The van der Waals surface area contributed by atoms with Crippen molar-refractivity contribution in [3.8, 4) is 0 Å². The zero-order chi connectivity index (χ0) is 19.8. The van der Waals surface area contributed by atoms with Crippen molar-refractivity contribution in [2.45, 2.75) is 59.6 Å². The van der Waals surface area contributed by atoms with Gasteiger partial charge in [-0.05, 0) is 32.3 Å². The summed E-state index contributed by atoms with van der Waals surface area (Å²) in [4.78, 5) is 34.4. The van der Waals surface area contributed by atoms with Crippen LogP contribution in [0.5, 0.6) is 0 Å². The summed E-state index contributed by atoms with van der Waals surface area (Å²) in [5.74, 6) is -2.55. The van der Waals surface area contributed by atoms with E-state index in [4.69, 9.17) is 14.4 Å². The molecule has 2 N–H and O–H groups in total. The van der Waals surface area contributed by atoms with Crippen molar-refractivity contribution in [3.05, 3.63) is 12.3 Å². The lowest BCUT2D eigenvalue weighted by atomic mass is 9.98. The summed E-state index contributed by atoms with van der Waals surface area (Å²) in [6.07, 6.45) is 0.994. The standard InChI is InChI=1S/C15H26NO8P/c1-14(2,3)7-8-22-25(21)24-12(19)10(9-11(17)18)16-13(20)23-15(4,5)6/h7-8,10,25H,9H2,1-6H3,(H,16,20)(H,17,18)/t10-/m0/s1. The van der Waals surface area contributed by atoms with Crippen molar-refractivity contribution < 1.29 is 37.8 Å². The molecule has 10 heteroatoms. The molecule has 1 amide bonds. The van der Waals surface area contributed by atoms with Gasteiger partial charge in [-0.25, -0.2) is 14.2 Å². The molecule has 0 saturated heterocycles. The number of alkyl carbamates (subject to hydrolysis) is 1. The van der Waals surface area contributed by atoms with E-state index in [9.17, 15) is 18.9 Å². The van der Waals surface area contributed by atoms with E-state index in [2.05, 4.69) is 9.84 Å².